The highest BCUT2D eigenvalue weighted by atomic mass is 32.1. The summed E-state index contributed by atoms with van der Waals surface area (Å²) in [5, 5.41) is 2.19. The Kier molecular flexibility index (Phi) is 4.77. The fourth-order valence-corrected chi connectivity index (χ4v) is 3.43. The highest BCUT2D eigenvalue weighted by molar-refractivity contribution is 7.78. The number of thiocarbonyl (C=S) groups is 1. The predicted octanol–water partition coefficient (Wildman–Crippen LogP) is 6.52. The molecule has 0 aliphatic heterocycles. The van der Waals surface area contributed by atoms with Crippen molar-refractivity contribution in [2.75, 3.05) is 0 Å². The third-order valence-corrected chi connectivity index (χ3v) is 5.00. The highest BCUT2D eigenvalue weighted by Gasteiger charge is 2.06. The molecule has 0 spiro atoms. The van der Waals surface area contributed by atoms with E-state index >= 15 is 0 Å². The predicted molar refractivity (Wildman–Crippen MR) is 99.2 cm³/mol. The van der Waals surface area contributed by atoms with Gasteiger partial charge < -0.3 is 0 Å². The van der Waals surface area contributed by atoms with Gasteiger partial charge in [0.05, 0.1) is 5.16 Å². The molecule has 0 aliphatic rings. The molecule has 2 aromatic carbocycles. The van der Waals surface area contributed by atoms with Crippen LogP contribution in [0.5, 0.6) is 0 Å². The number of isothiocyanates is 1. The molecule has 0 bridgehead atoms. The van der Waals surface area contributed by atoms with Crippen LogP contribution in [-0.2, 0) is 6.42 Å². The Morgan fingerprint density at radius 3 is 2.30 bits per heavy atom. The molecule has 0 atom stereocenters. The quantitative estimate of drug-likeness (QED) is 0.389. The van der Waals surface area contributed by atoms with E-state index in [0.717, 1.165) is 17.5 Å². The van der Waals surface area contributed by atoms with E-state index in [0.29, 0.717) is 0 Å². The van der Waals surface area contributed by atoms with Crippen molar-refractivity contribution < 1.29 is 4.39 Å². The van der Waals surface area contributed by atoms with E-state index in [-0.39, 0.29) is 5.69 Å². The van der Waals surface area contributed by atoms with Crippen LogP contribution in [0.25, 0.3) is 21.6 Å². The van der Waals surface area contributed by atoms with E-state index in [2.05, 4.69) is 53.6 Å². The lowest BCUT2D eigenvalue weighted by Gasteiger charge is -2.05. The minimum absolute atomic E-state index is 0.214. The molecule has 1 aromatic heterocycles. The summed E-state index contributed by atoms with van der Waals surface area (Å²) in [6.07, 6.45) is 1.05. The molecule has 0 aliphatic carbocycles. The SMILES string of the molecule is CCc1ccc(-c2ccc(-c3ccc(N=C=S)c(F)c3)cc2)s1. The zero-order chi connectivity index (χ0) is 16.2. The number of nitrogens with zero attached hydrogens (tertiary/aromatic N) is 1. The lowest BCUT2D eigenvalue weighted by molar-refractivity contribution is 0.630. The number of rotatable bonds is 4. The Labute approximate surface area is 144 Å². The number of aliphatic imine (C=N–C) groups is 1. The topological polar surface area (TPSA) is 12.4 Å². The van der Waals surface area contributed by atoms with Crippen molar-refractivity contribution in [3.8, 4) is 21.6 Å². The summed E-state index contributed by atoms with van der Waals surface area (Å²) in [5.41, 5.74) is 3.18. The van der Waals surface area contributed by atoms with Crippen LogP contribution in [0, 0.1) is 5.82 Å². The van der Waals surface area contributed by atoms with Crippen LogP contribution in [0.3, 0.4) is 0 Å². The molecule has 0 fully saturated rings. The molecule has 1 nitrogen and oxygen atoms in total. The molecule has 0 saturated carbocycles. The number of halogens is 1. The Bertz CT molecular complexity index is 875. The zero-order valence-corrected chi connectivity index (χ0v) is 14.2. The van der Waals surface area contributed by atoms with Gasteiger partial charge in [0.15, 0.2) is 0 Å². The molecule has 3 rings (SSSR count). The summed E-state index contributed by atoms with van der Waals surface area (Å²) >= 11 is 6.32. The molecule has 23 heavy (non-hydrogen) atoms. The van der Waals surface area contributed by atoms with Gasteiger partial charge in [-0.2, -0.15) is 4.99 Å². The first-order valence-electron chi connectivity index (χ1n) is 7.28. The number of hydrogen-bond donors (Lipinski definition) is 0. The maximum atomic E-state index is 13.9. The lowest BCUT2D eigenvalue weighted by Crippen LogP contribution is -1.82. The lowest BCUT2D eigenvalue weighted by atomic mass is 10.0. The van der Waals surface area contributed by atoms with E-state index in [1.807, 2.05) is 29.5 Å². The van der Waals surface area contributed by atoms with Crippen molar-refractivity contribution in [2.24, 2.45) is 4.99 Å². The van der Waals surface area contributed by atoms with Gasteiger partial charge in [-0.3, -0.25) is 0 Å². The average Bonchev–Trinajstić information content (AvgIpc) is 3.06. The van der Waals surface area contributed by atoms with Gasteiger partial charge in [-0.15, -0.1) is 11.3 Å². The van der Waals surface area contributed by atoms with Crippen molar-refractivity contribution >= 4 is 34.4 Å². The maximum absolute atomic E-state index is 13.9. The van der Waals surface area contributed by atoms with Gasteiger partial charge in [0.2, 0.25) is 0 Å². The molecule has 3 aromatic rings. The standard InChI is InChI=1S/C19H14FNS2/c1-2-16-8-10-19(23-16)14-5-3-13(4-6-14)15-7-9-18(21-12-22)17(20)11-15/h3-11H,2H2,1H3. The van der Waals surface area contributed by atoms with Crippen LogP contribution in [0.15, 0.2) is 59.6 Å². The monoisotopic (exact) mass is 339 g/mol. The molecule has 0 saturated heterocycles. The molecule has 0 N–H and O–H groups in total. The summed E-state index contributed by atoms with van der Waals surface area (Å²) in [6, 6.07) is 17.4. The summed E-state index contributed by atoms with van der Waals surface area (Å²) < 4.78 is 13.9. The van der Waals surface area contributed by atoms with Crippen LogP contribution in [0.4, 0.5) is 10.1 Å². The van der Waals surface area contributed by atoms with Gasteiger partial charge in [-0.25, -0.2) is 4.39 Å². The first-order valence-corrected chi connectivity index (χ1v) is 8.50. The van der Waals surface area contributed by atoms with E-state index in [9.17, 15) is 4.39 Å². The molecule has 4 heteroatoms. The molecule has 0 unspecified atom stereocenters. The Balaban J connectivity index is 1.90. The van der Waals surface area contributed by atoms with Crippen LogP contribution in [0.1, 0.15) is 11.8 Å². The fourth-order valence-electron chi connectivity index (χ4n) is 2.38. The van der Waals surface area contributed by atoms with Crippen LogP contribution < -0.4 is 0 Å². The fraction of sp³-hybridized carbons (Fsp3) is 0.105. The van der Waals surface area contributed by atoms with E-state index in [1.54, 1.807) is 6.07 Å². The minimum atomic E-state index is -0.394. The highest BCUT2D eigenvalue weighted by Crippen LogP contribution is 2.31. The van der Waals surface area contributed by atoms with Crippen molar-refractivity contribution in [3.05, 3.63) is 65.3 Å². The van der Waals surface area contributed by atoms with Crippen molar-refractivity contribution in [1.82, 2.24) is 0 Å². The van der Waals surface area contributed by atoms with Crippen molar-refractivity contribution in [3.63, 3.8) is 0 Å². The normalized spacial score (nSPS) is 10.3. The van der Waals surface area contributed by atoms with Gasteiger partial charge in [-0.1, -0.05) is 37.3 Å². The van der Waals surface area contributed by atoms with E-state index in [1.165, 1.54) is 21.4 Å². The average molecular weight is 339 g/mol. The van der Waals surface area contributed by atoms with Crippen LogP contribution in [-0.4, -0.2) is 5.16 Å². The molecule has 0 radical (unpaired) electrons. The van der Waals surface area contributed by atoms with Crippen LogP contribution in [0.2, 0.25) is 0 Å². The number of thiophene rings is 1. The number of benzene rings is 2. The maximum Gasteiger partial charge on any atom is 0.150 e. The first-order chi connectivity index (χ1) is 11.2. The zero-order valence-electron chi connectivity index (χ0n) is 12.5. The summed E-state index contributed by atoms with van der Waals surface area (Å²) in [7, 11) is 0. The van der Waals surface area contributed by atoms with E-state index < -0.39 is 5.82 Å². The Hall–Kier alpha value is -2.13. The summed E-state index contributed by atoms with van der Waals surface area (Å²) in [6.45, 7) is 2.16. The third-order valence-electron chi connectivity index (χ3n) is 3.63. The van der Waals surface area contributed by atoms with Gasteiger partial charge in [0.25, 0.3) is 0 Å². The second kappa shape index (κ2) is 6.97. The van der Waals surface area contributed by atoms with Crippen molar-refractivity contribution in [1.29, 1.82) is 0 Å². The second-order valence-electron chi connectivity index (χ2n) is 5.07. The molecule has 114 valence electrons. The minimum Gasteiger partial charge on any atom is -0.205 e. The third kappa shape index (κ3) is 3.45. The smallest absolute Gasteiger partial charge is 0.150 e. The first kappa shape index (κ1) is 15.8. The largest absolute Gasteiger partial charge is 0.205 e. The number of hydrogen-bond acceptors (Lipinski definition) is 3. The Morgan fingerprint density at radius 1 is 1.00 bits per heavy atom. The summed E-state index contributed by atoms with van der Waals surface area (Å²) in [5.74, 6) is -0.394. The summed E-state index contributed by atoms with van der Waals surface area (Å²) in [4.78, 5) is 6.33. The van der Waals surface area contributed by atoms with Gasteiger partial charge >= 0.3 is 0 Å². The van der Waals surface area contributed by atoms with Crippen LogP contribution >= 0.6 is 23.6 Å². The van der Waals surface area contributed by atoms with Crippen molar-refractivity contribution in [2.45, 2.75) is 13.3 Å². The van der Waals surface area contributed by atoms with Gasteiger partial charge in [0, 0.05) is 9.75 Å². The van der Waals surface area contributed by atoms with E-state index in [4.69, 9.17) is 0 Å². The Morgan fingerprint density at radius 2 is 1.70 bits per heavy atom. The number of aryl methyl sites for hydroxylation is 1. The molecular weight excluding hydrogens is 325 g/mol. The molecular formula is C19H14FNS2. The molecule has 0 amide bonds. The molecule has 1 heterocycles. The second-order valence-corrected chi connectivity index (χ2v) is 6.42. The van der Waals surface area contributed by atoms with Gasteiger partial charge in [0.1, 0.15) is 11.5 Å². The van der Waals surface area contributed by atoms with Gasteiger partial charge in [-0.05, 0) is 59.6 Å².